The fraction of sp³-hybridized carbons (Fsp3) is 0.727. The summed E-state index contributed by atoms with van der Waals surface area (Å²) in [6, 6.07) is 0. The SMILES string of the molecule is CCCCCOC(=O)CC=CCCO. The number of unbranched alkanes of at least 4 members (excludes halogenated alkanes) is 2. The lowest BCUT2D eigenvalue weighted by Crippen LogP contribution is -2.04. The van der Waals surface area contributed by atoms with Crippen LogP contribution in [-0.2, 0) is 9.53 Å². The molecule has 14 heavy (non-hydrogen) atoms. The molecule has 0 atom stereocenters. The zero-order chi connectivity index (χ0) is 10.6. The van der Waals surface area contributed by atoms with Crippen LogP contribution in [0.3, 0.4) is 0 Å². The molecular formula is C11H20O3. The van der Waals surface area contributed by atoms with Crippen LogP contribution in [0, 0.1) is 0 Å². The van der Waals surface area contributed by atoms with Crippen molar-refractivity contribution in [3.05, 3.63) is 12.2 Å². The molecule has 0 radical (unpaired) electrons. The van der Waals surface area contributed by atoms with Gasteiger partial charge in [-0.1, -0.05) is 31.9 Å². The molecule has 0 heterocycles. The lowest BCUT2D eigenvalue weighted by atomic mass is 10.3. The van der Waals surface area contributed by atoms with E-state index in [1.807, 2.05) is 0 Å². The predicted molar refractivity (Wildman–Crippen MR) is 55.9 cm³/mol. The standard InChI is InChI=1S/C11H20O3/c1-2-3-7-10-14-11(13)8-5-4-6-9-12/h4-5,12H,2-3,6-10H2,1H3. The van der Waals surface area contributed by atoms with Crippen molar-refractivity contribution in [2.24, 2.45) is 0 Å². The number of aliphatic hydroxyl groups excluding tert-OH is 1. The Labute approximate surface area is 85.8 Å². The molecule has 0 aromatic heterocycles. The van der Waals surface area contributed by atoms with Gasteiger partial charge < -0.3 is 9.84 Å². The monoisotopic (exact) mass is 200 g/mol. The average molecular weight is 200 g/mol. The van der Waals surface area contributed by atoms with Crippen molar-refractivity contribution < 1.29 is 14.6 Å². The first kappa shape index (κ1) is 13.2. The average Bonchev–Trinajstić information content (AvgIpc) is 2.19. The molecule has 0 saturated heterocycles. The molecule has 82 valence electrons. The van der Waals surface area contributed by atoms with Gasteiger partial charge in [-0.25, -0.2) is 0 Å². The second-order valence-corrected chi connectivity index (χ2v) is 3.12. The summed E-state index contributed by atoms with van der Waals surface area (Å²) in [5, 5.41) is 8.46. The summed E-state index contributed by atoms with van der Waals surface area (Å²) < 4.78 is 4.97. The van der Waals surface area contributed by atoms with E-state index >= 15 is 0 Å². The zero-order valence-corrected chi connectivity index (χ0v) is 8.87. The quantitative estimate of drug-likeness (QED) is 0.370. The Balaban J connectivity index is 3.28. The number of ether oxygens (including phenoxy) is 1. The first-order chi connectivity index (χ1) is 6.81. The van der Waals surface area contributed by atoms with Gasteiger partial charge in [0.15, 0.2) is 0 Å². The molecule has 0 aliphatic heterocycles. The number of hydrogen-bond acceptors (Lipinski definition) is 3. The van der Waals surface area contributed by atoms with Gasteiger partial charge in [0.25, 0.3) is 0 Å². The predicted octanol–water partition coefficient (Wildman–Crippen LogP) is 2.05. The molecule has 0 aromatic carbocycles. The minimum Gasteiger partial charge on any atom is -0.465 e. The molecule has 3 heteroatoms. The van der Waals surface area contributed by atoms with Crippen molar-refractivity contribution in [2.75, 3.05) is 13.2 Å². The molecule has 0 rings (SSSR count). The Bertz CT molecular complexity index is 164. The number of aliphatic hydroxyl groups is 1. The highest BCUT2D eigenvalue weighted by molar-refractivity contribution is 5.71. The number of esters is 1. The number of carbonyl (C=O) groups excluding carboxylic acids is 1. The van der Waals surface area contributed by atoms with E-state index < -0.39 is 0 Å². The fourth-order valence-corrected chi connectivity index (χ4v) is 0.969. The second-order valence-electron chi connectivity index (χ2n) is 3.12. The van der Waals surface area contributed by atoms with E-state index in [0.717, 1.165) is 19.3 Å². The first-order valence-electron chi connectivity index (χ1n) is 5.22. The normalized spacial score (nSPS) is 10.7. The lowest BCUT2D eigenvalue weighted by Gasteiger charge is -2.01. The van der Waals surface area contributed by atoms with Crippen LogP contribution >= 0.6 is 0 Å². The van der Waals surface area contributed by atoms with Crippen LogP contribution < -0.4 is 0 Å². The maximum absolute atomic E-state index is 11.0. The number of hydrogen-bond donors (Lipinski definition) is 1. The van der Waals surface area contributed by atoms with E-state index in [1.165, 1.54) is 0 Å². The maximum atomic E-state index is 11.0. The van der Waals surface area contributed by atoms with E-state index in [-0.39, 0.29) is 12.6 Å². The highest BCUT2D eigenvalue weighted by Crippen LogP contribution is 1.96. The van der Waals surface area contributed by atoms with Gasteiger partial charge in [-0.3, -0.25) is 4.79 Å². The van der Waals surface area contributed by atoms with Gasteiger partial charge in [0.1, 0.15) is 0 Å². The Morgan fingerprint density at radius 1 is 1.36 bits per heavy atom. The lowest BCUT2D eigenvalue weighted by molar-refractivity contribution is -0.142. The third-order valence-corrected chi connectivity index (χ3v) is 1.76. The van der Waals surface area contributed by atoms with E-state index in [9.17, 15) is 4.79 Å². The summed E-state index contributed by atoms with van der Waals surface area (Å²) in [6.07, 6.45) is 7.62. The van der Waals surface area contributed by atoms with E-state index in [2.05, 4.69) is 6.92 Å². The summed E-state index contributed by atoms with van der Waals surface area (Å²) in [4.78, 5) is 11.0. The van der Waals surface area contributed by atoms with Crippen molar-refractivity contribution in [1.29, 1.82) is 0 Å². The zero-order valence-electron chi connectivity index (χ0n) is 8.87. The molecule has 1 N–H and O–H groups in total. The summed E-state index contributed by atoms with van der Waals surface area (Å²) in [7, 11) is 0. The largest absolute Gasteiger partial charge is 0.465 e. The van der Waals surface area contributed by atoms with Crippen molar-refractivity contribution >= 4 is 5.97 Å². The highest BCUT2D eigenvalue weighted by Gasteiger charge is 1.97. The van der Waals surface area contributed by atoms with Crippen LogP contribution in [0.5, 0.6) is 0 Å². The topological polar surface area (TPSA) is 46.5 Å². The maximum Gasteiger partial charge on any atom is 0.309 e. The van der Waals surface area contributed by atoms with E-state index in [1.54, 1.807) is 12.2 Å². The third-order valence-electron chi connectivity index (χ3n) is 1.76. The number of carbonyl (C=O) groups is 1. The van der Waals surface area contributed by atoms with Crippen LogP contribution in [0.15, 0.2) is 12.2 Å². The van der Waals surface area contributed by atoms with Crippen molar-refractivity contribution in [3.8, 4) is 0 Å². The summed E-state index contributed by atoms with van der Waals surface area (Å²) >= 11 is 0. The fourth-order valence-electron chi connectivity index (χ4n) is 0.969. The van der Waals surface area contributed by atoms with Crippen LogP contribution in [0.2, 0.25) is 0 Å². The van der Waals surface area contributed by atoms with Gasteiger partial charge in [0.2, 0.25) is 0 Å². The van der Waals surface area contributed by atoms with Crippen molar-refractivity contribution in [2.45, 2.75) is 39.0 Å². The summed E-state index contributed by atoms with van der Waals surface area (Å²) in [5.74, 6) is -0.185. The van der Waals surface area contributed by atoms with Crippen molar-refractivity contribution in [1.82, 2.24) is 0 Å². The van der Waals surface area contributed by atoms with Crippen LogP contribution in [-0.4, -0.2) is 24.3 Å². The highest BCUT2D eigenvalue weighted by atomic mass is 16.5. The summed E-state index contributed by atoms with van der Waals surface area (Å²) in [5.41, 5.74) is 0. The molecule has 0 aliphatic carbocycles. The third kappa shape index (κ3) is 9.26. The van der Waals surface area contributed by atoms with Crippen LogP contribution in [0.4, 0.5) is 0 Å². The van der Waals surface area contributed by atoms with Gasteiger partial charge in [-0.05, 0) is 12.8 Å². The van der Waals surface area contributed by atoms with Gasteiger partial charge in [-0.15, -0.1) is 0 Å². The minimum absolute atomic E-state index is 0.127. The molecule has 0 saturated carbocycles. The molecule has 0 bridgehead atoms. The molecule has 0 spiro atoms. The van der Waals surface area contributed by atoms with Gasteiger partial charge in [0, 0.05) is 6.61 Å². The molecule has 0 aliphatic rings. The first-order valence-corrected chi connectivity index (χ1v) is 5.22. The molecule has 3 nitrogen and oxygen atoms in total. The van der Waals surface area contributed by atoms with Gasteiger partial charge >= 0.3 is 5.97 Å². The molecule has 0 aromatic rings. The molecule has 0 unspecified atom stereocenters. The van der Waals surface area contributed by atoms with E-state index in [4.69, 9.17) is 9.84 Å². The molecule has 0 fully saturated rings. The van der Waals surface area contributed by atoms with Crippen LogP contribution in [0.1, 0.15) is 39.0 Å². The van der Waals surface area contributed by atoms with Crippen LogP contribution in [0.25, 0.3) is 0 Å². The van der Waals surface area contributed by atoms with E-state index in [0.29, 0.717) is 19.4 Å². The smallest absolute Gasteiger partial charge is 0.309 e. The Morgan fingerprint density at radius 2 is 2.14 bits per heavy atom. The number of rotatable bonds is 8. The molecular weight excluding hydrogens is 180 g/mol. The minimum atomic E-state index is -0.185. The van der Waals surface area contributed by atoms with Crippen molar-refractivity contribution in [3.63, 3.8) is 0 Å². The second kappa shape index (κ2) is 10.3. The summed E-state index contributed by atoms with van der Waals surface area (Å²) in [6.45, 7) is 2.77. The Morgan fingerprint density at radius 3 is 2.79 bits per heavy atom. The Kier molecular flexibility index (Phi) is 9.64. The molecule has 0 amide bonds. The van der Waals surface area contributed by atoms with Gasteiger partial charge in [-0.2, -0.15) is 0 Å². The van der Waals surface area contributed by atoms with Gasteiger partial charge in [0.05, 0.1) is 13.0 Å². The Hall–Kier alpha value is -0.830.